The Morgan fingerprint density at radius 3 is 2.67 bits per heavy atom. The molecule has 2 aliphatic heterocycles. The number of aryl methyl sites for hydroxylation is 1. The minimum Gasteiger partial charge on any atom is -0.504 e. The van der Waals surface area contributed by atoms with Gasteiger partial charge in [-0.3, -0.25) is 5.32 Å². The molecule has 1 aromatic rings. The number of ether oxygens (including phenoxy) is 2. The van der Waals surface area contributed by atoms with Gasteiger partial charge < -0.3 is 35.2 Å². The molecule has 9 nitrogen and oxygen atoms in total. The largest absolute Gasteiger partial charge is 0.504 e. The zero-order chi connectivity index (χ0) is 31.2. The van der Waals surface area contributed by atoms with E-state index in [1.807, 2.05) is 31.3 Å². The summed E-state index contributed by atoms with van der Waals surface area (Å²) in [5.41, 5.74) is 2.93. The van der Waals surface area contributed by atoms with E-state index < -0.39 is 6.10 Å². The second-order valence-electron chi connectivity index (χ2n) is 11.7. The standard InChI is InChI=1S/C34H53N3O6/c1-5-7-10-33-27(21-39)17-28(43-33)13-11-25-12-14-32(41)34(16-25)42-22-31(35-6-2)30-18-26(20-37-30)24(4)29(9-8-15-38)36-19-23(3)40/h12,14,16-18,20,23-24,29,31,33,35-36,38-40,43H,5-11,13,15,19,21-22H2,1-4H3/p+1. The van der Waals surface area contributed by atoms with Gasteiger partial charge >= 0.3 is 0 Å². The predicted octanol–water partition coefficient (Wildman–Crippen LogP) is 3.52. The maximum atomic E-state index is 10.5. The fraction of sp³-hybridized carbons (Fsp3) is 0.618. The van der Waals surface area contributed by atoms with Gasteiger partial charge in [-0.15, -0.1) is 16.6 Å². The molecule has 0 saturated heterocycles. The first-order valence-corrected chi connectivity index (χ1v) is 16.0. The molecule has 1 aromatic carbocycles. The van der Waals surface area contributed by atoms with Crippen molar-refractivity contribution in [3.63, 3.8) is 0 Å². The summed E-state index contributed by atoms with van der Waals surface area (Å²) in [5.74, 6) is 1.77. The van der Waals surface area contributed by atoms with Crippen LogP contribution in [0.25, 0.3) is 0 Å². The van der Waals surface area contributed by atoms with Crippen molar-refractivity contribution in [1.29, 1.82) is 0 Å². The molecule has 0 spiro atoms. The summed E-state index contributed by atoms with van der Waals surface area (Å²) in [4.78, 5) is 4.71. The molecule has 0 aliphatic carbocycles. The van der Waals surface area contributed by atoms with Crippen molar-refractivity contribution in [1.82, 2.24) is 10.6 Å². The van der Waals surface area contributed by atoms with Gasteiger partial charge in [0, 0.05) is 32.2 Å². The first-order chi connectivity index (χ1) is 20.8. The average molecular weight is 601 g/mol. The van der Waals surface area contributed by atoms with Crippen molar-refractivity contribution < 1.29 is 29.9 Å². The second kappa shape index (κ2) is 18.3. The zero-order valence-corrected chi connectivity index (χ0v) is 26.4. The summed E-state index contributed by atoms with van der Waals surface area (Å²) in [6, 6.07) is 5.43. The van der Waals surface area contributed by atoms with Gasteiger partial charge in [0.1, 0.15) is 30.9 Å². The molecule has 0 saturated carbocycles. The molecular formula is C34H54N3O6+. The van der Waals surface area contributed by atoms with Gasteiger partial charge in [-0.05, 0) is 70.2 Å². The highest BCUT2D eigenvalue weighted by molar-refractivity contribution is 5.83. The Morgan fingerprint density at radius 2 is 1.98 bits per heavy atom. The number of hydrogen-bond acceptors (Lipinski definition) is 8. The number of aromatic hydroxyl groups is 1. The molecule has 0 amide bonds. The maximum Gasteiger partial charge on any atom is 0.196 e. The van der Waals surface area contributed by atoms with Crippen molar-refractivity contribution in [2.75, 3.05) is 32.9 Å². The van der Waals surface area contributed by atoms with E-state index in [1.54, 1.807) is 13.0 Å². The van der Waals surface area contributed by atoms with Crippen LogP contribution >= 0.6 is 0 Å². The fourth-order valence-electron chi connectivity index (χ4n) is 5.56. The number of aliphatic imine (C=N–C) groups is 1. The number of aliphatic hydroxyl groups excluding tert-OH is 3. The van der Waals surface area contributed by atoms with Crippen molar-refractivity contribution in [2.45, 2.75) is 96.9 Å². The number of unbranched alkanes of at least 4 members (excludes halogenated alkanes) is 1. The number of phenols is 1. The van der Waals surface area contributed by atoms with Crippen molar-refractivity contribution in [2.24, 2.45) is 10.9 Å². The van der Waals surface area contributed by atoms with E-state index in [0.29, 0.717) is 25.3 Å². The Hall–Kier alpha value is -2.53. The molecule has 3 rings (SSSR count). The number of rotatable bonds is 21. The Bertz CT molecular complexity index is 1060. The van der Waals surface area contributed by atoms with Crippen LogP contribution in [-0.2, 0) is 6.42 Å². The monoisotopic (exact) mass is 600 g/mol. The summed E-state index contributed by atoms with van der Waals surface area (Å²) < 4.78 is 11.0. The number of nitrogens with zero attached hydrogens (tertiary/aromatic N) is 1. The van der Waals surface area contributed by atoms with Crippen LogP contribution in [0, 0.1) is 17.9 Å². The highest BCUT2D eigenvalue weighted by atomic mass is 16.5. The number of aliphatic hydroxyl groups is 5. The summed E-state index contributed by atoms with van der Waals surface area (Å²) >= 11 is 0. The molecule has 240 valence electrons. The van der Waals surface area contributed by atoms with Crippen molar-refractivity contribution >= 4 is 6.21 Å². The lowest BCUT2D eigenvalue weighted by Gasteiger charge is -2.24. The molecule has 5 atom stereocenters. The lowest BCUT2D eigenvalue weighted by molar-refractivity contribution is -0.0550. The summed E-state index contributed by atoms with van der Waals surface area (Å²) in [5, 5.41) is 46.3. The molecule has 0 bridgehead atoms. The number of likely N-dealkylation sites (N-methyl/N-ethyl adjacent to an activating group) is 1. The van der Waals surface area contributed by atoms with Gasteiger partial charge in [0.25, 0.3) is 0 Å². The average Bonchev–Trinajstić information content (AvgIpc) is 3.65. The van der Waals surface area contributed by atoms with E-state index in [9.17, 15) is 20.4 Å². The SMILES string of the molecule is CCCCC1[OH+][C-](CCc2ccc(O)c(OCC(NCC)C3=C[C+](C(C)C(CCCO)NCC(C)O)C=N3)c2)C=C1CO. The lowest BCUT2D eigenvalue weighted by atomic mass is 9.86. The van der Waals surface area contributed by atoms with E-state index in [1.165, 1.54) is 0 Å². The van der Waals surface area contributed by atoms with Crippen LogP contribution in [0.3, 0.4) is 0 Å². The molecule has 2 aliphatic rings. The van der Waals surface area contributed by atoms with Gasteiger partial charge in [0.2, 0.25) is 0 Å². The van der Waals surface area contributed by atoms with Crippen LogP contribution < -0.4 is 15.4 Å². The lowest BCUT2D eigenvalue weighted by Crippen LogP contribution is -2.41. The van der Waals surface area contributed by atoms with Crippen LogP contribution in [0.4, 0.5) is 0 Å². The number of phenolic OH excluding ortho intramolecular Hbond substituents is 1. The minimum absolute atomic E-state index is 0.0500. The van der Waals surface area contributed by atoms with Gasteiger partial charge in [-0.2, -0.15) is 0 Å². The van der Waals surface area contributed by atoms with Gasteiger partial charge in [0.15, 0.2) is 23.2 Å². The van der Waals surface area contributed by atoms with E-state index in [-0.39, 0.29) is 43.1 Å². The van der Waals surface area contributed by atoms with Crippen LogP contribution in [0.5, 0.6) is 11.5 Å². The van der Waals surface area contributed by atoms with E-state index in [0.717, 1.165) is 73.9 Å². The van der Waals surface area contributed by atoms with E-state index >= 15 is 0 Å². The van der Waals surface area contributed by atoms with Gasteiger partial charge in [-0.1, -0.05) is 26.3 Å². The summed E-state index contributed by atoms with van der Waals surface area (Å²) in [6.45, 7) is 9.82. The van der Waals surface area contributed by atoms with Crippen LogP contribution in [0.15, 0.2) is 46.6 Å². The molecule has 9 heteroatoms. The second-order valence-corrected chi connectivity index (χ2v) is 11.7. The topological polar surface area (TPSA) is 139 Å². The fourth-order valence-corrected chi connectivity index (χ4v) is 5.56. The van der Waals surface area contributed by atoms with Gasteiger partial charge in [-0.25, -0.2) is 0 Å². The molecule has 2 heterocycles. The molecule has 5 unspecified atom stereocenters. The van der Waals surface area contributed by atoms with Crippen LogP contribution in [0.1, 0.15) is 71.8 Å². The summed E-state index contributed by atoms with van der Waals surface area (Å²) in [6.07, 6.45) is 12.9. The third kappa shape index (κ3) is 10.8. The van der Waals surface area contributed by atoms with E-state index in [2.05, 4.69) is 30.6 Å². The number of nitrogens with one attached hydrogen (secondary N) is 2. The third-order valence-corrected chi connectivity index (χ3v) is 8.18. The van der Waals surface area contributed by atoms with Crippen LogP contribution in [-0.4, -0.2) is 88.6 Å². The van der Waals surface area contributed by atoms with Crippen molar-refractivity contribution in [3.05, 3.63) is 59.2 Å². The quantitative estimate of drug-likeness (QED) is 0.0938. The Labute approximate surface area is 258 Å². The Kier molecular flexibility index (Phi) is 14.9. The first-order valence-electron chi connectivity index (χ1n) is 16.0. The van der Waals surface area contributed by atoms with Gasteiger partial charge in [0.05, 0.1) is 18.1 Å². The zero-order valence-electron chi connectivity index (χ0n) is 26.4. The Balaban J connectivity index is 1.60. The summed E-state index contributed by atoms with van der Waals surface area (Å²) in [7, 11) is 0. The predicted molar refractivity (Wildman–Crippen MR) is 172 cm³/mol. The van der Waals surface area contributed by atoms with Crippen LogP contribution in [0.2, 0.25) is 0 Å². The smallest absolute Gasteiger partial charge is 0.196 e. The van der Waals surface area contributed by atoms with Crippen molar-refractivity contribution in [3.8, 4) is 11.5 Å². The highest BCUT2D eigenvalue weighted by Crippen LogP contribution is 2.32. The molecule has 0 aromatic heterocycles. The maximum absolute atomic E-state index is 10.5. The normalized spacial score (nSPS) is 19.4. The Morgan fingerprint density at radius 1 is 1.16 bits per heavy atom. The van der Waals surface area contributed by atoms with E-state index in [4.69, 9.17) is 14.5 Å². The molecule has 7 N–H and O–H groups in total. The molecule has 0 fully saturated rings. The third-order valence-electron chi connectivity index (χ3n) is 8.18. The number of benzene rings is 1. The minimum atomic E-state index is -0.447. The molecular weight excluding hydrogens is 546 g/mol. The number of hydrogen-bond donors (Lipinski definition) is 6. The highest BCUT2D eigenvalue weighted by Gasteiger charge is 2.36. The molecule has 43 heavy (non-hydrogen) atoms. The first kappa shape index (κ1) is 35.0. The molecule has 0 radical (unpaired) electrons. The number of allylic oxidation sites excluding steroid dienone is 1.